The normalized spacial score (nSPS) is 25.1. The van der Waals surface area contributed by atoms with Crippen molar-refractivity contribution >= 4 is 23.5 Å². The van der Waals surface area contributed by atoms with Gasteiger partial charge in [-0.1, -0.05) is 30.4 Å². The first-order valence-corrected chi connectivity index (χ1v) is 10.5. The number of pyridine rings is 1. The lowest BCUT2D eigenvalue weighted by Crippen LogP contribution is -2.49. The number of anilines is 1. The molecule has 6 nitrogen and oxygen atoms in total. The van der Waals surface area contributed by atoms with Gasteiger partial charge in [-0.2, -0.15) is 5.26 Å². The summed E-state index contributed by atoms with van der Waals surface area (Å²) in [6, 6.07) is 16.6. The minimum Gasteiger partial charge on any atom is -0.368 e. The van der Waals surface area contributed by atoms with Crippen LogP contribution in [-0.4, -0.2) is 28.8 Å². The molecule has 7 heteroatoms. The third-order valence-electron chi connectivity index (χ3n) is 6.60. The molecule has 3 aromatic rings. The van der Waals surface area contributed by atoms with Crippen molar-refractivity contribution in [3.63, 3.8) is 0 Å². The second-order valence-electron chi connectivity index (χ2n) is 8.19. The number of aromatic nitrogens is 1. The van der Waals surface area contributed by atoms with Crippen LogP contribution in [0, 0.1) is 22.6 Å². The topological polar surface area (TPSA) is 100 Å². The zero-order valence-electron chi connectivity index (χ0n) is 17.4. The minimum atomic E-state index is -1.72. The second kappa shape index (κ2) is 7.68. The molecule has 3 heterocycles. The van der Waals surface area contributed by atoms with Crippen LogP contribution in [0.4, 0.5) is 10.1 Å². The van der Waals surface area contributed by atoms with E-state index < -0.39 is 35.1 Å². The molecular formula is C26H19FN4O2. The quantitative estimate of drug-likeness (QED) is 0.629. The van der Waals surface area contributed by atoms with E-state index in [1.807, 2.05) is 35.2 Å². The molecule has 0 spiro atoms. The number of benzene rings is 2. The molecule has 1 aromatic heterocycles. The molecule has 4 atom stereocenters. The van der Waals surface area contributed by atoms with Crippen LogP contribution in [0.5, 0.6) is 0 Å². The Morgan fingerprint density at radius 2 is 1.76 bits per heavy atom. The third kappa shape index (κ3) is 2.95. The predicted molar refractivity (Wildman–Crippen MR) is 120 cm³/mol. The number of rotatable bonds is 4. The third-order valence-corrected chi connectivity index (χ3v) is 6.60. The van der Waals surface area contributed by atoms with Gasteiger partial charge in [0.25, 0.3) is 0 Å². The molecular weight excluding hydrogens is 419 g/mol. The molecule has 2 aliphatic rings. The summed E-state index contributed by atoms with van der Waals surface area (Å²) in [6.45, 7) is 0. The largest absolute Gasteiger partial charge is 0.368 e. The molecule has 1 amide bonds. The zero-order valence-corrected chi connectivity index (χ0v) is 17.4. The number of carbonyl (C=O) groups is 2. The fourth-order valence-electron chi connectivity index (χ4n) is 5.16. The van der Waals surface area contributed by atoms with Crippen molar-refractivity contribution in [1.82, 2.24) is 4.98 Å². The van der Waals surface area contributed by atoms with Crippen molar-refractivity contribution in [2.45, 2.75) is 18.0 Å². The number of ketones is 1. The average Bonchev–Trinajstić information content (AvgIpc) is 3.16. The number of nitrogens with zero attached hydrogens (tertiary/aromatic N) is 3. The van der Waals surface area contributed by atoms with E-state index in [-0.39, 0.29) is 11.3 Å². The number of Topliss-reactive ketones (excluding diaryl/α,β-unsaturated/α-hetero) is 1. The van der Waals surface area contributed by atoms with Crippen molar-refractivity contribution < 1.29 is 14.0 Å². The molecule has 162 valence electrons. The van der Waals surface area contributed by atoms with Gasteiger partial charge in [0, 0.05) is 29.6 Å². The maximum absolute atomic E-state index is 14.0. The Hall–Kier alpha value is -4.31. The van der Waals surface area contributed by atoms with Crippen LogP contribution in [0.3, 0.4) is 0 Å². The van der Waals surface area contributed by atoms with Gasteiger partial charge in [0.1, 0.15) is 11.9 Å². The Bertz CT molecular complexity index is 1320. The molecule has 0 saturated carbocycles. The highest BCUT2D eigenvalue weighted by atomic mass is 19.1. The Morgan fingerprint density at radius 3 is 2.42 bits per heavy atom. The number of carbonyl (C=O) groups excluding carboxylic acids is 2. The molecule has 0 bridgehead atoms. The Labute approximate surface area is 189 Å². The lowest BCUT2D eigenvalue weighted by molar-refractivity contribution is -0.125. The van der Waals surface area contributed by atoms with Crippen LogP contribution in [0.2, 0.25) is 0 Å². The summed E-state index contributed by atoms with van der Waals surface area (Å²) in [4.78, 5) is 32.9. The predicted octanol–water partition coefficient (Wildman–Crippen LogP) is 3.47. The molecule has 2 aromatic carbocycles. The van der Waals surface area contributed by atoms with E-state index in [2.05, 4.69) is 11.1 Å². The van der Waals surface area contributed by atoms with Crippen molar-refractivity contribution in [2.24, 2.45) is 11.1 Å². The lowest BCUT2D eigenvalue weighted by Gasteiger charge is -2.36. The van der Waals surface area contributed by atoms with Crippen LogP contribution < -0.4 is 10.6 Å². The molecule has 1 saturated heterocycles. The first-order valence-electron chi connectivity index (χ1n) is 10.5. The van der Waals surface area contributed by atoms with Gasteiger partial charge in [-0.15, -0.1) is 0 Å². The smallest absolute Gasteiger partial charge is 0.241 e. The number of para-hydroxylation sites is 1. The van der Waals surface area contributed by atoms with Crippen molar-refractivity contribution in [3.05, 3.63) is 102 Å². The molecule has 0 radical (unpaired) electrons. The summed E-state index contributed by atoms with van der Waals surface area (Å²) in [5.41, 5.74) is 6.67. The summed E-state index contributed by atoms with van der Waals surface area (Å²) < 4.78 is 13.6. The average molecular weight is 438 g/mol. The van der Waals surface area contributed by atoms with Gasteiger partial charge in [0.2, 0.25) is 5.91 Å². The Kier molecular flexibility index (Phi) is 4.79. The maximum Gasteiger partial charge on any atom is 0.241 e. The van der Waals surface area contributed by atoms with E-state index in [9.17, 15) is 19.2 Å². The lowest BCUT2D eigenvalue weighted by atomic mass is 9.67. The van der Waals surface area contributed by atoms with Crippen molar-refractivity contribution in [2.75, 3.05) is 4.90 Å². The number of nitriles is 1. The monoisotopic (exact) mass is 438 g/mol. The molecule has 0 aliphatic carbocycles. The van der Waals surface area contributed by atoms with E-state index in [4.69, 9.17) is 5.73 Å². The number of hydrogen-bond acceptors (Lipinski definition) is 5. The van der Waals surface area contributed by atoms with Gasteiger partial charge in [-0.05, 0) is 53.6 Å². The number of hydrogen-bond donors (Lipinski definition) is 1. The maximum atomic E-state index is 14.0. The fourth-order valence-corrected chi connectivity index (χ4v) is 5.16. The fraction of sp³-hybridized carbons (Fsp3) is 0.154. The molecule has 5 rings (SSSR count). The number of fused-ring (bicyclic) bond motifs is 3. The zero-order chi connectivity index (χ0) is 23.2. The molecule has 33 heavy (non-hydrogen) atoms. The number of halogens is 1. The van der Waals surface area contributed by atoms with E-state index in [1.54, 1.807) is 30.6 Å². The highest BCUT2D eigenvalue weighted by molar-refractivity contribution is 6.06. The molecule has 0 unspecified atom stereocenters. The summed E-state index contributed by atoms with van der Waals surface area (Å²) in [5, 5.41) is 10.4. The summed E-state index contributed by atoms with van der Waals surface area (Å²) in [7, 11) is 0. The van der Waals surface area contributed by atoms with Gasteiger partial charge >= 0.3 is 0 Å². The molecule has 2 N–H and O–H groups in total. The van der Waals surface area contributed by atoms with Crippen molar-refractivity contribution in [1.29, 1.82) is 5.26 Å². The Balaban J connectivity index is 1.80. The van der Waals surface area contributed by atoms with Crippen molar-refractivity contribution in [3.8, 4) is 6.07 Å². The van der Waals surface area contributed by atoms with Crippen LogP contribution in [-0.2, 0) is 4.79 Å². The standard InChI is InChI=1S/C26H19FN4O2/c27-19-8-5-18(6-9-19)24(32)23-22(17-11-13-30-14-12-17)26(15-28,25(29)33)21-10-7-16-3-1-2-4-20(16)31(21)23/h1-14,21-23H,(H2,29,33)/t21-,22-,23-,26-/m1/s1. The van der Waals surface area contributed by atoms with E-state index in [1.165, 1.54) is 24.3 Å². The van der Waals surface area contributed by atoms with Crippen LogP contribution in [0.15, 0.2) is 79.1 Å². The molecule has 1 fully saturated rings. The summed E-state index contributed by atoms with van der Waals surface area (Å²) in [6.07, 6.45) is 6.72. The number of amides is 1. The minimum absolute atomic E-state index is 0.282. The SMILES string of the molecule is N#C[C@]1(C(N)=O)[C@H](c2ccncc2)[C@H](C(=O)c2ccc(F)cc2)N2c3ccccc3C=C[C@@H]21. The number of primary amides is 1. The summed E-state index contributed by atoms with van der Waals surface area (Å²) in [5.74, 6) is -2.47. The van der Waals surface area contributed by atoms with Gasteiger partial charge < -0.3 is 10.6 Å². The van der Waals surface area contributed by atoms with Gasteiger partial charge in [0.15, 0.2) is 11.2 Å². The van der Waals surface area contributed by atoms with E-state index in [0.717, 1.165) is 11.3 Å². The van der Waals surface area contributed by atoms with E-state index in [0.29, 0.717) is 5.56 Å². The van der Waals surface area contributed by atoms with Crippen LogP contribution >= 0.6 is 0 Å². The summed E-state index contributed by atoms with van der Waals surface area (Å²) >= 11 is 0. The first kappa shape index (κ1) is 20.6. The van der Waals surface area contributed by atoms with E-state index >= 15 is 0 Å². The second-order valence-corrected chi connectivity index (χ2v) is 8.19. The highest BCUT2D eigenvalue weighted by Crippen LogP contribution is 2.55. The number of nitrogens with two attached hydrogens (primary N) is 1. The first-order chi connectivity index (χ1) is 16.0. The van der Waals surface area contributed by atoms with Gasteiger partial charge in [-0.3, -0.25) is 14.6 Å². The highest BCUT2D eigenvalue weighted by Gasteiger charge is 2.65. The van der Waals surface area contributed by atoms with Gasteiger partial charge in [-0.25, -0.2) is 4.39 Å². The Morgan fingerprint density at radius 1 is 1.06 bits per heavy atom. The van der Waals surface area contributed by atoms with Crippen LogP contribution in [0.1, 0.15) is 27.4 Å². The van der Waals surface area contributed by atoms with Gasteiger partial charge in [0.05, 0.1) is 12.1 Å². The molecule has 2 aliphatic heterocycles. The van der Waals surface area contributed by atoms with Crippen LogP contribution in [0.25, 0.3) is 6.08 Å².